The first-order chi connectivity index (χ1) is 19.2. The van der Waals surface area contributed by atoms with Crippen LogP contribution < -0.4 is 19.6 Å². The Morgan fingerprint density at radius 3 is 2.62 bits per heavy atom. The summed E-state index contributed by atoms with van der Waals surface area (Å²) in [5.74, 6) is -0.398. The van der Waals surface area contributed by atoms with Crippen molar-refractivity contribution in [3.05, 3.63) is 130 Å². The number of allylic oxidation sites excluding steroid dienone is 1. The molecule has 2 heterocycles. The molecule has 0 saturated heterocycles. The molecular weight excluding hydrogens is 574 g/mol. The van der Waals surface area contributed by atoms with E-state index in [9.17, 15) is 14.0 Å². The van der Waals surface area contributed by atoms with E-state index in [0.29, 0.717) is 36.4 Å². The zero-order valence-electron chi connectivity index (χ0n) is 21.5. The van der Waals surface area contributed by atoms with E-state index in [2.05, 4.69) is 4.99 Å². The van der Waals surface area contributed by atoms with E-state index in [0.717, 1.165) is 11.1 Å². The van der Waals surface area contributed by atoms with Crippen LogP contribution in [-0.4, -0.2) is 17.1 Å². The number of fused-ring (bicyclic) bond motifs is 1. The van der Waals surface area contributed by atoms with Crippen molar-refractivity contribution in [2.24, 2.45) is 4.99 Å². The molecule has 0 unspecified atom stereocenters. The van der Waals surface area contributed by atoms with Crippen LogP contribution in [0.2, 0.25) is 10.0 Å². The van der Waals surface area contributed by atoms with E-state index >= 15 is 0 Å². The summed E-state index contributed by atoms with van der Waals surface area (Å²) < 4.78 is 26.8. The molecule has 5 rings (SSSR count). The molecule has 1 aliphatic rings. The van der Waals surface area contributed by atoms with E-state index in [1.807, 2.05) is 24.3 Å². The predicted octanol–water partition coefficient (Wildman–Crippen LogP) is 5.82. The van der Waals surface area contributed by atoms with Crippen LogP contribution in [-0.2, 0) is 16.1 Å². The number of hydrogen-bond acceptors (Lipinski definition) is 6. The van der Waals surface area contributed by atoms with Crippen molar-refractivity contribution in [2.45, 2.75) is 26.5 Å². The molecule has 6 nitrogen and oxygen atoms in total. The quantitative estimate of drug-likeness (QED) is 0.252. The van der Waals surface area contributed by atoms with Crippen molar-refractivity contribution < 1.29 is 18.7 Å². The lowest BCUT2D eigenvalue weighted by atomic mass is 9.96. The molecular formula is C30H23Cl2FN2O4S. The number of thiazole rings is 1. The molecule has 3 aromatic carbocycles. The van der Waals surface area contributed by atoms with Crippen LogP contribution >= 0.6 is 34.5 Å². The highest BCUT2D eigenvalue weighted by Crippen LogP contribution is 2.31. The molecule has 0 N–H and O–H groups in total. The van der Waals surface area contributed by atoms with Gasteiger partial charge in [0.05, 0.1) is 28.5 Å². The number of esters is 1. The molecule has 1 aromatic heterocycles. The van der Waals surface area contributed by atoms with Crippen molar-refractivity contribution in [1.82, 2.24) is 4.57 Å². The van der Waals surface area contributed by atoms with Gasteiger partial charge >= 0.3 is 5.97 Å². The van der Waals surface area contributed by atoms with Crippen molar-refractivity contribution in [3.63, 3.8) is 0 Å². The number of hydrogen-bond donors (Lipinski definition) is 0. The van der Waals surface area contributed by atoms with Crippen LogP contribution in [0.3, 0.4) is 0 Å². The van der Waals surface area contributed by atoms with Gasteiger partial charge in [-0.3, -0.25) is 9.36 Å². The summed E-state index contributed by atoms with van der Waals surface area (Å²) >= 11 is 13.4. The molecule has 0 radical (unpaired) electrons. The highest BCUT2D eigenvalue weighted by molar-refractivity contribution is 7.07. The first-order valence-corrected chi connectivity index (χ1v) is 13.9. The Labute approximate surface area is 243 Å². The standard InChI is InChI=1S/C30H23Cl2FN2O4S/c1-3-38-29(37)26-17(2)34-30-35(27(26)19-8-11-22(33)12-9-19)28(36)25(40-30)14-18-5-4-6-23(13-18)39-16-20-7-10-21(31)15-24(20)32/h4-15,27H,3,16H2,1-2H3/b25-14-/t27-/m1/s1. The minimum absolute atomic E-state index is 0.165. The lowest BCUT2D eigenvalue weighted by molar-refractivity contribution is -0.139. The molecule has 1 aliphatic heterocycles. The van der Waals surface area contributed by atoms with Crippen LogP contribution in [0.1, 0.15) is 36.6 Å². The number of nitrogens with zero attached hydrogens (tertiary/aromatic N) is 2. The molecule has 40 heavy (non-hydrogen) atoms. The van der Waals surface area contributed by atoms with Gasteiger partial charge in [-0.25, -0.2) is 14.2 Å². The lowest BCUT2D eigenvalue weighted by Crippen LogP contribution is -2.39. The van der Waals surface area contributed by atoms with Gasteiger partial charge in [-0.2, -0.15) is 0 Å². The smallest absolute Gasteiger partial charge is 0.338 e. The lowest BCUT2D eigenvalue weighted by Gasteiger charge is -2.24. The van der Waals surface area contributed by atoms with Crippen molar-refractivity contribution in [2.75, 3.05) is 6.61 Å². The van der Waals surface area contributed by atoms with Gasteiger partial charge in [-0.15, -0.1) is 0 Å². The normalized spacial score (nSPS) is 15.0. The zero-order valence-corrected chi connectivity index (χ0v) is 23.8. The fourth-order valence-electron chi connectivity index (χ4n) is 4.40. The number of halogens is 3. The highest BCUT2D eigenvalue weighted by atomic mass is 35.5. The topological polar surface area (TPSA) is 69.9 Å². The number of carbonyl (C=O) groups is 1. The number of ether oxygens (including phenoxy) is 2. The van der Waals surface area contributed by atoms with E-state index in [1.54, 1.807) is 50.3 Å². The van der Waals surface area contributed by atoms with Crippen molar-refractivity contribution in [1.29, 1.82) is 0 Å². The minimum Gasteiger partial charge on any atom is -0.489 e. The van der Waals surface area contributed by atoms with Gasteiger partial charge in [0.1, 0.15) is 18.2 Å². The monoisotopic (exact) mass is 596 g/mol. The Morgan fingerprint density at radius 2 is 1.90 bits per heavy atom. The molecule has 0 aliphatic carbocycles. The zero-order chi connectivity index (χ0) is 28.4. The first-order valence-electron chi connectivity index (χ1n) is 12.4. The summed E-state index contributed by atoms with van der Waals surface area (Å²) in [7, 11) is 0. The fraction of sp³-hybridized carbons (Fsp3) is 0.167. The van der Waals surface area contributed by atoms with E-state index in [-0.39, 0.29) is 24.3 Å². The molecule has 10 heteroatoms. The number of rotatable bonds is 7. The SMILES string of the molecule is CCOC(=O)C1=C(C)N=c2s/c(=C\c3cccc(OCc4ccc(Cl)cc4Cl)c3)c(=O)n2[C@@H]1c1ccc(F)cc1. The van der Waals surface area contributed by atoms with Crippen LogP contribution in [0.4, 0.5) is 4.39 Å². The van der Waals surface area contributed by atoms with Gasteiger partial charge in [0, 0.05) is 15.6 Å². The number of carbonyl (C=O) groups excluding carboxylic acids is 1. The number of benzene rings is 3. The average molecular weight is 597 g/mol. The van der Waals surface area contributed by atoms with Gasteiger partial charge in [-0.1, -0.05) is 64.9 Å². The van der Waals surface area contributed by atoms with Crippen LogP contribution in [0.25, 0.3) is 6.08 Å². The minimum atomic E-state index is -0.808. The Balaban J connectivity index is 1.53. The molecule has 4 aromatic rings. The predicted molar refractivity (Wildman–Crippen MR) is 154 cm³/mol. The van der Waals surface area contributed by atoms with Crippen molar-refractivity contribution >= 4 is 46.6 Å². The van der Waals surface area contributed by atoms with Gasteiger partial charge in [0.2, 0.25) is 0 Å². The maximum Gasteiger partial charge on any atom is 0.338 e. The third-order valence-corrected chi connectivity index (χ3v) is 7.84. The first kappa shape index (κ1) is 27.8. The number of aromatic nitrogens is 1. The van der Waals surface area contributed by atoms with Gasteiger partial charge in [-0.05, 0) is 67.4 Å². The third-order valence-electron chi connectivity index (χ3n) is 6.27. The van der Waals surface area contributed by atoms with Crippen LogP contribution in [0.5, 0.6) is 5.75 Å². The second-order valence-electron chi connectivity index (χ2n) is 8.95. The largest absolute Gasteiger partial charge is 0.489 e. The summed E-state index contributed by atoms with van der Waals surface area (Å²) in [6, 6.07) is 17.4. The Hall–Kier alpha value is -3.72. The van der Waals surface area contributed by atoms with E-state index in [4.69, 9.17) is 32.7 Å². The summed E-state index contributed by atoms with van der Waals surface area (Å²) in [6.45, 7) is 3.82. The summed E-state index contributed by atoms with van der Waals surface area (Å²) in [5.41, 5.74) is 2.46. The second-order valence-corrected chi connectivity index (χ2v) is 10.8. The molecule has 0 saturated carbocycles. The van der Waals surface area contributed by atoms with E-state index < -0.39 is 17.8 Å². The second kappa shape index (κ2) is 11.8. The van der Waals surface area contributed by atoms with Crippen LogP contribution in [0.15, 0.2) is 87.8 Å². The fourth-order valence-corrected chi connectivity index (χ4v) is 5.91. The Kier molecular flexibility index (Phi) is 8.21. The summed E-state index contributed by atoms with van der Waals surface area (Å²) in [4.78, 5) is 31.7. The Morgan fingerprint density at radius 1 is 1.12 bits per heavy atom. The van der Waals surface area contributed by atoms with Crippen molar-refractivity contribution in [3.8, 4) is 5.75 Å². The van der Waals surface area contributed by atoms with Gasteiger partial charge in [0.25, 0.3) is 5.56 Å². The Bertz CT molecular complexity index is 1810. The van der Waals surface area contributed by atoms with Crippen LogP contribution in [0, 0.1) is 5.82 Å². The molecule has 1 atom stereocenters. The molecule has 0 fully saturated rings. The molecule has 204 valence electrons. The van der Waals surface area contributed by atoms with Gasteiger partial charge < -0.3 is 9.47 Å². The summed E-state index contributed by atoms with van der Waals surface area (Å²) in [5, 5.41) is 1.06. The molecule has 0 spiro atoms. The third kappa shape index (κ3) is 5.75. The highest BCUT2D eigenvalue weighted by Gasteiger charge is 2.33. The maximum atomic E-state index is 13.7. The molecule has 0 amide bonds. The summed E-state index contributed by atoms with van der Waals surface area (Å²) in [6.07, 6.45) is 1.75. The van der Waals surface area contributed by atoms with Gasteiger partial charge in [0.15, 0.2) is 4.80 Å². The van der Waals surface area contributed by atoms with E-state index in [1.165, 1.54) is 28.0 Å². The molecule has 0 bridgehead atoms. The average Bonchev–Trinajstić information content (AvgIpc) is 3.22. The maximum absolute atomic E-state index is 13.7.